The number of nitrogens with one attached hydrogen (secondary N) is 2. The third-order valence-corrected chi connectivity index (χ3v) is 5.92. The first kappa shape index (κ1) is 19.5. The minimum absolute atomic E-state index is 0.0332. The van der Waals surface area contributed by atoms with Crippen molar-refractivity contribution in [2.24, 2.45) is 0 Å². The molecule has 1 unspecified atom stereocenters. The van der Waals surface area contributed by atoms with Gasteiger partial charge in [0, 0.05) is 24.8 Å². The molecule has 2 N–H and O–H groups in total. The van der Waals surface area contributed by atoms with Crippen molar-refractivity contribution in [2.45, 2.75) is 25.1 Å². The van der Waals surface area contributed by atoms with Crippen molar-refractivity contribution in [3.05, 3.63) is 29.0 Å². The number of halogens is 2. The number of amides is 3. The van der Waals surface area contributed by atoms with Gasteiger partial charge in [-0.15, -0.1) is 0 Å². The van der Waals surface area contributed by atoms with Gasteiger partial charge in [-0.2, -0.15) is 0 Å². The van der Waals surface area contributed by atoms with Gasteiger partial charge in [0.25, 0.3) is 0 Å². The minimum atomic E-state index is -3.62. The van der Waals surface area contributed by atoms with Crippen LogP contribution in [0.5, 0.6) is 0 Å². The maximum absolute atomic E-state index is 13.2. The van der Waals surface area contributed by atoms with Gasteiger partial charge in [0.15, 0.2) is 15.1 Å². The second kappa shape index (κ2) is 7.57. The molecule has 1 aliphatic rings. The summed E-state index contributed by atoms with van der Waals surface area (Å²) >= 11 is 5.66. The van der Waals surface area contributed by atoms with Gasteiger partial charge in [0.05, 0.1) is 10.8 Å². The maximum Gasteiger partial charge on any atom is 0.321 e. The van der Waals surface area contributed by atoms with Gasteiger partial charge in [0.2, 0.25) is 5.91 Å². The zero-order chi connectivity index (χ0) is 18.8. The van der Waals surface area contributed by atoms with E-state index in [-0.39, 0.29) is 35.6 Å². The van der Waals surface area contributed by atoms with Crippen LogP contribution in [0.4, 0.5) is 14.9 Å². The van der Waals surface area contributed by atoms with Crippen molar-refractivity contribution in [3.63, 3.8) is 0 Å². The van der Waals surface area contributed by atoms with E-state index in [1.54, 1.807) is 13.8 Å². The molecule has 1 aromatic rings. The Hall–Kier alpha value is -1.87. The van der Waals surface area contributed by atoms with Crippen LogP contribution in [0.15, 0.2) is 18.2 Å². The van der Waals surface area contributed by atoms with E-state index < -0.39 is 32.8 Å². The molecule has 0 spiro atoms. The van der Waals surface area contributed by atoms with Crippen LogP contribution >= 0.6 is 11.6 Å². The Bertz CT molecular complexity index is 785. The fourth-order valence-electron chi connectivity index (χ4n) is 2.37. The third-order valence-electron chi connectivity index (χ3n) is 3.65. The van der Waals surface area contributed by atoms with E-state index in [9.17, 15) is 22.4 Å². The number of anilines is 1. The molecular formula is C15H19ClFN3O4S. The Kier molecular flexibility index (Phi) is 5.89. The van der Waals surface area contributed by atoms with Crippen molar-refractivity contribution in [3.8, 4) is 0 Å². The highest BCUT2D eigenvalue weighted by Gasteiger charge is 2.39. The van der Waals surface area contributed by atoms with Gasteiger partial charge >= 0.3 is 6.03 Å². The molecule has 7 nitrogen and oxygen atoms in total. The van der Waals surface area contributed by atoms with E-state index in [0.717, 1.165) is 6.07 Å². The fourth-order valence-corrected chi connectivity index (χ4v) is 4.11. The second-order valence-corrected chi connectivity index (χ2v) is 8.73. The maximum atomic E-state index is 13.2. The fraction of sp³-hybridized carbons (Fsp3) is 0.467. The van der Waals surface area contributed by atoms with E-state index in [1.807, 2.05) is 0 Å². The lowest BCUT2D eigenvalue weighted by atomic mass is 10.3. The van der Waals surface area contributed by atoms with Gasteiger partial charge in [-0.05, 0) is 32.0 Å². The first-order valence-electron chi connectivity index (χ1n) is 7.63. The van der Waals surface area contributed by atoms with E-state index in [1.165, 1.54) is 17.0 Å². The SMILES string of the molecule is CC(C)NC(=O)C1CN(C(=O)Nc2ccc(F)c(Cl)c2)CCS1(=O)=O. The van der Waals surface area contributed by atoms with Gasteiger partial charge in [-0.1, -0.05) is 11.6 Å². The Morgan fingerprint density at radius 3 is 2.64 bits per heavy atom. The third kappa shape index (κ3) is 4.82. The Balaban J connectivity index is 2.10. The number of hydrogen-bond donors (Lipinski definition) is 2. The number of hydrogen-bond acceptors (Lipinski definition) is 4. The van der Waals surface area contributed by atoms with E-state index in [2.05, 4.69) is 10.6 Å². The highest BCUT2D eigenvalue weighted by Crippen LogP contribution is 2.20. The lowest BCUT2D eigenvalue weighted by Crippen LogP contribution is -2.56. The summed E-state index contributed by atoms with van der Waals surface area (Å²) in [6.07, 6.45) is 0. The summed E-state index contributed by atoms with van der Waals surface area (Å²) in [5.74, 6) is -1.55. The molecule has 1 saturated heterocycles. The molecule has 1 atom stereocenters. The average molecular weight is 392 g/mol. The topological polar surface area (TPSA) is 95.6 Å². The predicted molar refractivity (Wildman–Crippen MR) is 92.9 cm³/mol. The number of benzene rings is 1. The molecule has 2 rings (SSSR count). The van der Waals surface area contributed by atoms with Crippen molar-refractivity contribution >= 4 is 39.1 Å². The normalized spacial score (nSPS) is 19.6. The van der Waals surface area contributed by atoms with Crippen LogP contribution in [0.2, 0.25) is 5.02 Å². The summed E-state index contributed by atoms with van der Waals surface area (Å²) in [5.41, 5.74) is 0.271. The number of urea groups is 1. The molecule has 1 aliphatic heterocycles. The molecule has 138 valence electrons. The summed E-state index contributed by atoms with van der Waals surface area (Å²) in [5, 5.41) is 3.61. The number of sulfone groups is 1. The average Bonchev–Trinajstić information content (AvgIpc) is 2.49. The molecule has 1 heterocycles. The van der Waals surface area contributed by atoms with Crippen LogP contribution in [-0.4, -0.2) is 55.4 Å². The van der Waals surface area contributed by atoms with E-state index >= 15 is 0 Å². The van der Waals surface area contributed by atoms with Gasteiger partial charge in [-0.25, -0.2) is 17.6 Å². The van der Waals surface area contributed by atoms with Crippen molar-refractivity contribution in [2.75, 3.05) is 24.2 Å². The smallest absolute Gasteiger partial charge is 0.321 e. The summed E-state index contributed by atoms with van der Waals surface area (Å²) in [4.78, 5) is 25.7. The summed E-state index contributed by atoms with van der Waals surface area (Å²) in [6.45, 7) is 3.16. The van der Waals surface area contributed by atoms with Crippen LogP contribution in [0.3, 0.4) is 0 Å². The highest BCUT2D eigenvalue weighted by atomic mass is 35.5. The molecule has 1 fully saturated rings. The van der Waals surface area contributed by atoms with Crippen LogP contribution in [0, 0.1) is 5.82 Å². The van der Waals surface area contributed by atoms with Gasteiger partial charge in [0.1, 0.15) is 5.82 Å². The van der Waals surface area contributed by atoms with Crippen molar-refractivity contribution < 1.29 is 22.4 Å². The van der Waals surface area contributed by atoms with Crippen LogP contribution < -0.4 is 10.6 Å². The zero-order valence-electron chi connectivity index (χ0n) is 13.8. The zero-order valence-corrected chi connectivity index (χ0v) is 15.3. The van der Waals surface area contributed by atoms with Crippen molar-refractivity contribution in [1.29, 1.82) is 0 Å². The predicted octanol–water partition coefficient (Wildman–Crippen LogP) is 1.63. The molecule has 0 aliphatic carbocycles. The van der Waals surface area contributed by atoms with Gasteiger partial charge in [-0.3, -0.25) is 4.79 Å². The Morgan fingerprint density at radius 2 is 2.04 bits per heavy atom. The van der Waals surface area contributed by atoms with Gasteiger partial charge < -0.3 is 15.5 Å². The summed E-state index contributed by atoms with van der Waals surface area (Å²) in [6, 6.07) is 2.90. The second-order valence-electron chi connectivity index (χ2n) is 6.02. The van der Waals surface area contributed by atoms with E-state index in [4.69, 9.17) is 11.6 Å². The Morgan fingerprint density at radius 1 is 1.36 bits per heavy atom. The molecule has 0 aromatic heterocycles. The molecular weight excluding hydrogens is 373 g/mol. The summed E-state index contributed by atoms with van der Waals surface area (Å²) in [7, 11) is -3.62. The monoisotopic (exact) mass is 391 g/mol. The molecule has 3 amide bonds. The molecule has 0 radical (unpaired) electrons. The lowest BCUT2D eigenvalue weighted by Gasteiger charge is -2.32. The quantitative estimate of drug-likeness (QED) is 0.818. The number of rotatable bonds is 3. The lowest BCUT2D eigenvalue weighted by molar-refractivity contribution is -0.121. The molecule has 0 bridgehead atoms. The number of carbonyl (C=O) groups excluding carboxylic acids is 2. The molecule has 25 heavy (non-hydrogen) atoms. The first-order valence-corrected chi connectivity index (χ1v) is 9.72. The van der Waals surface area contributed by atoms with Crippen LogP contribution in [0.1, 0.15) is 13.8 Å². The standard InChI is InChI=1S/C15H19ClFN3O4S/c1-9(2)18-14(21)13-8-20(5-6-25(13,23)24)15(22)19-10-3-4-12(17)11(16)7-10/h3-4,7,9,13H,5-6,8H2,1-2H3,(H,18,21)(H,19,22). The van der Waals surface area contributed by atoms with E-state index in [0.29, 0.717) is 0 Å². The summed E-state index contributed by atoms with van der Waals surface area (Å²) < 4.78 is 37.4. The minimum Gasteiger partial charge on any atom is -0.353 e. The molecule has 1 aromatic carbocycles. The highest BCUT2D eigenvalue weighted by molar-refractivity contribution is 7.92. The number of nitrogens with zero attached hydrogens (tertiary/aromatic N) is 1. The largest absolute Gasteiger partial charge is 0.353 e. The Labute approximate surface area is 150 Å². The molecule has 0 saturated carbocycles. The van der Waals surface area contributed by atoms with Crippen LogP contribution in [-0.2, 0) is 14.6 Å². The molecule has 10 heteroatoms. The van der Waals surface area contributed by atoms with Crippen LogP contribution in [0.25, 0.3) is 0 Å². The first-order chi connectivity index (χ1) is 11.6. The van der Waals surface area contributed by atoms with Crippen molar-refractivity contribution in [1.82, 2.24) is 10.2 Å². The number of carbonyl (C=O) groups is 2.